The van der Waals surface area contributed by atoms with Crippen LogP contribution in [0.3, 0.4) is 0 Å². The Hall–Kier alpha value is -3.40. The second kappa shape index (κ2) is 10.7. The molecule has 2 heterocycles. The van der Waals surface area contributed by atoms with Crippen LogP contribution in [0.4, 0.5) is 30.2 Å². The summed E-state index contributed by atoms with van der Waals surface area (Å²) >= 11 is 0. The maximum absolute atomic E-state index is 13.5. The Balaban J connectivity index is 0.00000158. The highest BCUT2D eigenvalue weighted by Crippen LogP contribution is 2.36. The van der Waals surface area contributed by atoms with Crippen molar-refractivity contribution in [3.8, 4) is 0 Å². The molecule has 0 amide bonds. The number of nitro groups is 1. The third kappa shape index (κ3) is 5.93. The number of hydrogen-bond acceptors (Lipinski definition) is 6. The maximum Gasteiger partial charge on any atom is 0.416 e. The molecule has 0 aliphatic carbocycles. The molecule has 0 bridgehead atoms. The monoisotopic (exact) mass is 475 g/mol. The molecular formula is C24H28F3N5O2. The summed E-state index contributed by atoms with van der Waals surface area (Å²) in [6, 6.07) is 9.96. The number of anilines is 2. The smallest absolute Gasteiger partial charge is 0.380 e. The van der Waals surface area contributed by atoms with E-state index in [1.54, 1.807) is 18.3 Å². The lowest BCUT2D eigenvalue weighted by Crippen LogP contribution is -2.44. The lowest BCUT2D eigenvalue weighted by Gasteiger charge is -2.34. The van der Waals surface area contributed by atoms with Gasteiger partial charge in [-0.15, -0.1) is 0 Å². The van der Waals surface area contributed by atoms with Crippen LogP contribution in [-0.2, 0) is 12.7 Å². The molecule has 1 aliphatic heterocycles. The zero-order valence-electron chi connectivity index (χ0n) is 19.4. The summed E-state index contributed by atoms with van der Waals surface area (Å²) in [6.07, 6.45) is -2.91. The van der Waals surface area contributed by atoms with Crippen molar-refractivity contribution in [2.24, 2.45) is 0 Å². The normalized spacial score (nSPS) is 14.5. The second-order valence-electron chi connectivity index (χ2n) is 7.85. The van der Waals surface area contributed by atoms with Crippen LogP contribution in [-0.4, -0.2) is 48.0 Å². The number of benzene rings is 2. The van der Waals surface area contributed by atoms with Gasteiger partial charge in [-0.2, -0.15) is 13.2 Å². The SMILES string of the molecule is CC.CN1CCN(c2cnc3cc(C(F)(F)F)cc(NCc4cccc([N+](=O)[O-])c4)c3c2)CC1. The molecule has 4 rings (SSSR count). The number of likely N-dealkylation sites (N-methyl/N-ethyl adjacent to an activating group) is 1. The Morgan fingerprint density at radius 3 is 2.44 bits per heavy atom. The van der Waals surface area contributed by atoms with E-state index in [-0.39, 0.29) is 23.4 Å². The van der Waals surface area contributed by atoms with Crippen LogP contribution in [0.2, 0.25) is 0 Å². The number of pyridine rings is 1. The van der Waals surface area contributed by atoms with Gasteiger partial charge >= 0.3 is 6.18 Å². The fraction of sp³-hybridized carbons (Fsp3) is 0.375. The Bertz CT molecular complexity index is 1150. The Morgan fingerprint density at radius 1 is 1.09 bits per heavy atom. The van der Waals surface area contributed by atoms with Crippen LogP contribution < -0.4 is 10.2 Å². The Kier molecular flexibility index (Phi) is 7.93. The number of nitrogens with one attached hydrogen (secondary N) is 1. The molecule has 34 heavy (non-hydrogen) atoms. The Morgan fingerprint density at radius 2 is 1.79 bits per heavy atom. The van der Waals surface area contributed by atoms with Gasteiger partial charge < -0.3 is 15.1 Å². The quantitative estimate of drug-likeness (QED) is 0.385. The molecule has 10 heteroatoms. The van der Waals surface area contributed by atoms with Gasteiger partial charge in [0.25, 0.3) is 5.69 Å². The second-order valence-corrected chi connectivity index (χ2v) is 7.85. The van der Waals surface area contributed by atoms with E-state index >= 15 is 0 Å². The number of halogens is 3. The Labute approximate surface area is 196 Å². The molecule has 1 aliphatic rings. The van der Waals surface area contributed by atoms with Crippen LogP contribution in [0.5, 0.6) is 0 Å². The first-order chi connectivity index (χ1) is 16.2. The van der Waals surface area contributed by atoms with E-state index in [4.69, 9.17) is 0 Å². The third-order valence-corrected chi connectivity index (χ3v) is 5.59. The molecule has 0 unspecified atom stereocenters. The van der Waals surface area contributed by atoms with Crippen molar-refractivity contribution in [1.82, 2.24) is 9.88 Å². The fourth-order valence-corrected chi connectivity index (χ4v) is 3.74. The van der Waals surface area contributed by atoms with Crippen molar-refractivity contribution in [3.63, 3.8) is 0 Å². The first-order valence-corrected chi connectivity index (χ1v) is 11.1. The topological polar surface area (TPSA) is 74.5 Å². The van der Waals surface area contributed by atoms with Crippen molar-refractivity contribution in [2.75, 3.05) is 43.4 Å². The van der Waals surface area contributed by atoms with Gasteiger partial charge in [0.1, 0.15) is 0 Å². The maximum atomic E-state index is 13.5. The van der Waals surface area contributed by atoms with Crippen LogP contribution in [0, 0.1) is 10.1 Å². The number of nitro benzene ring substituents is 1. The molecule has 1 saturated heterocycles. The van der Waals surface area contributed by atoms with Crippen molar-refractivity contribution < 1.29 is 18.1 Å². The van der Waals surface area contributed by atoms with Gasteiger partial charge in [0.2, 0.25) is 0 Å². The highest BCUT2D eigenvalue weighted by molar-refractivity contribution is 5.94. The number of rotatable bonds is 5. The molecule has 1 aromatic heterocycles. The number of alkyl halides is 3. The predicted molar refractivity (Wildman–Crippen MR) is 128 cm³/mol. The highest BCUT2D eigenvalue weighted by Gasteiger charge is 2.31. The molecule has 3 aromatic rings. The highest BCUT2D eigenvalue weighted by atomic mass is 19.4. The van der Waals surface area contributed by atoms with Crippen LogP contribution >= 0.6 is 0 Å². The van der Waals surface area contributed by atoms with E-state index in [1.807, 2.05) is 27.0 Å². The molecule has 0 saturated carbocycles. The molecule has 1 N–H and O–H groups in total. The average molecular weight is 476 g/mol. The van der Waals surface area contributed by atoms with Gasteiger partial charge in [-0.3, -0.25) is 15.1 Å². The lowest BCUT2D eigenvalue weighted by molar-refractivity contribution is -0.384. The van der Waals surface area contributed by atoms with E-state index in [9.17, 15) is 23.3 Å². The summed E-state index contributed by atoms with van der Waals surface area (Å²) in [5, 5.41) is 14.6. The molecule has 0 atom stereocenters. The minimum atomic E-state index is -4.52. The van der Waals surface area contributed by atoms with E-state index in [0.717, 1.165) is 44.0 Å². The summed E-state index contributed by atoms with van der Waals surface area (Å²) in [6.45, 7) is 7.53. The summed E-state index contributed by atoms with van der Waals surface area (Å²) < 4.78 is 40.4. The first kappa shape index (κ1) is 25.2. The molecular weight excluding hydrogens is 447 g/mol. The van der Waals surface area contributed by atoms with E-state index in [1.165, 1.54) is 12.1 Å². The van der Waals surface area contributed by atoms with Crippen molar-refractivity contribution in [2.45, 2.75) is 26.6 Å². The van der Waals surface area contributed by atoms with Crippen molar-refractivity contribution >= 4 is 28.0 Å². The third-order valence-electron chi connectivity index (χ3n) is 5.59. The standard InChI is InChI=1S/C22H22F3N5O2.C2H6/c1-28-5-7-29(8-6-28)18-12-19-20(10-16(22(23,24)25)11-21(19)27-14-18)26-13-15-3-2-4-17(9-15)30(31)32;1-2/h2-4,9-12,14,26H,5-8,13H2,1H3;1-2H3. The number of hydrogen-bond donors (Lipinski definition) is 1. The van der Waals surface area contributed by atoms with Gasteiger partial charge in [0, 0.05) is 55.9 Å². The van der Waals surface area contributed by atoms with Gasteiger partial charge in [-0.1, -0.05) is 26.0 Å². The van der Waals surface area contributed by atoms with Crippen molar-refractivity contribution in [1.29, 1.82) is 0 Å². The number of aromatic nitrogens is 1. The first-order valence-electron chi connectivity index (χ1n) is 11.1. The number of nitrogens with zero attached hydrogens (tertiary/aromatic N) is 4. The van der Waals surface area contributed by atoms with Gasteiger partial charge in [0.15, 0.2) is 0 Å². The van der Waals surface area contributed by atoms with Gasteiger partial charge in [-0.05, 0) is 30.8 Å². The van der Waals surface area contributed by atoms with Gasteiger partial charge in [0.05, 0.1) is 27.9 Å². The molecule has 182 valence electrons. The van der Waals surface area contributed by atoms with Crippen LogP contribution in [0.15, 0.2) is 48.7 Å². The predicted octanol–water partition coefficient (Wildman–Crippen LogP) is 5.55. The largest absolute Gasteiger partial charge is 0.416 e. The number of piperazine rings is 1. The van der Waals surface area contributed by atoms with Crippen LogP contribution in [0.25, 0.3) is 10.9 Å². The van der Waals surface area contributed by atoms with E-state index in [2.05, 4.69) is 20.1 Å². The molecule has 2 aromatic carbocycles. The molecule has 1 fully saturated rings. The van der Waals surface area contributed by atoms with Crippen LogP contribution in [0.1, 0.15) is 25.0 Å². The summed E-state index contributed by atoms with van der Waals surface area (Å²) in [4.78, 5) is 19.2. The summed E-state index contributed by atoms with van der Waals surface area (Å²) in [5.41, 5.74) is 1.09. The summed E-state index contributed by atoms with van der Waals surface area (Å²) in [5.74, 6) is 0. The van der Waals surface area contributed by atoms with Gasteiger partial charge in [-0.25, -0.2) is 0 Å². The van der Waals surface area contributed by atoms with E-state index < -0.39 is 16.7 Å². The zero-order valence-corrected chi connectivity index (χ0v) is 19.4. The van der Waals surface area contributed by atoms with E-state index in [0.29, 0.717) is 10.9 Å². The lowest BCUT2D eigenvalue weighted by atomic mass is 10.1. The molecule has 0 spiro atoms. The number of non-ortho nitro benzene ring substituents is 1. The summed E-state index contributed by atoms with van der Waals surface area (Å²) in [7, 11) is 2.05. The number of fused-ring (bicyclic) bond motifs is 1. The minimum absolute atomic E-state index is 0.0720. The average Bonchev–Trinajstić information content (AvgIpc) is 2.83. The minimum Gasteiger partial charge on any atom is -0.380 e. The fourth-order valence-electron chi connectivity index (χ4n) is 3.74. The molecule has 7 nitrogen and oxygen atoms in total. The molecule has 0 radical (unpaired) electrons. The zero-order chi connectivity index (χ0) is 24.9. The van der Waals surface area contributed by atoms with Crippen molar-refractivity contribution in [3.05, 3.63) is 69.9 Å².